The predicted octanol–water partition coefficient (Wildman–Crippen LogP) is 1.21. The van der Waals surface area contributed by atoms with E-state index in [-0.39, 0.29) is 18.4 Å². The van der Waals surface area contributed by atoms with Gasteiger partial charge in [0.05, 0.1) is 12.1 Å². The van der Waals surface area contributed by atoms with Gasteiger partial charge in [0.15, 0.2) is 5.13 Å². The highest BCUT2D eigenvalue weighted by Crippen LogP contribution is 2.18. The highest BCUT2D eigenvalue weighted by molar-refractivity contribution is 7.13. The topological polar surface area (TPSA) is 84.9 Å². The summed E-state index contributed by atoms with van der Waals surface area (Å²) in [6.07, 6.45) is 2.04. The highest BCUT2D eigenvalue weighted by atomic mass is 32.1. The number of carbonyl (C=O) groups excluding carboxylic acids is 2. The molecule has 4 heterocycles. The molecule has 160 valence electrons. The van der Waals surface area contributed by atoms with Gasteiger partial charge in [-0.1, -0.05) is 6.07 Å². The Bertz CT molecular complexity index is 859. The van der Waals surface area contributed by atoms with Gasteiger partial charge in [0.1, 0.15) is 5.82 Å². The molecular weight excluding hydrogens is 402 g/mol. The zero-order valence-corrected chi connectivity index (χ0v) is 18.0. The average Bonchev–Trinajstić information content (AvgIpc) is 3.21. The number of carbonyl (C=O) groups is 2. The second kappa shape index (κ2) is 9.40. The lowest BCUT2D eigenvalue weighted by Gasteiger charge is -2.35. The molecule has 2 aromatic rings. The first-order chi connectivity index (χ1) is 14.6. The molecule has 0 spiro atoms. The van der Waals surface area contributed by atoms with Crippen LogP contribution >= 0.6 is 11.3 Å². The number of nitrogens with one attached hydrogen (secondary N) is 1. The van der Waals surface area contributed by atoms with Crippen molar-refractivity contribution in [1.29, 1.82) is 0 Å². The van der Waals surface area contributed by atoms with Crippen LogP contribution in [-0.4, -0.2) is 96.0 Å². The molecule has 1 N–H and O–H groups in total. The zero-order valence-electron chi connectivity index (χ0n) is 17.2. The summed E-state index contributed by atoms with van der Waals surface area (Å²) in [5.74, 6) is 1.02. The van der Waals surface area contributed by atoms with E-state index in [4.69, 9.17) is 0 Å². The second-order valence-electron chi connectivity index (χ2n) is 7.60. The van der Waals surface area contributed by atoms with Gasteiger partial charge in [0, 0.05) is 63.9 Å². The van der Waals surface area contributed by atoms with E-state index in [0.717, 1.165) is 32.0 Å². The van der Waals surface area contributed by atoms with Crippen LogP contribution in [0.4, 0.5) is 15.7 Å². The number of urea groups is 1. The van der Waals surface area contributed by atoms with Gasteiger partial charge in [0.2, 0.25) is 5.91 Å². The number of aromatic nitrogens is 2. The van der Waals surface area contributed by atoms with Crippen LogP contribution in [0.3, 0.4) is 0 Å². The minimum atomic E-state index is -0.124. The van der Waals surface area contributed by atoms with Crippen molar-refractivity contribution in [3.63, 3.8) is 0 Å². The zero-order chi connectivity index (χ0) is 20.9. The number of amides is 3. The maximum atomic E-state index is 12.7. The van der Waals surface area contributed by atoms with Gasteiger partial charge < -0.3 is 19.6 Å². The molecule has 0 aliphatic carbocycles. The Morgan fingerprint density at radius 3 is 2.47 bits per heavy atom. The Balaban J connectivity index is 1.25. The second-order valence-corrected chi connectivity index (χ2v) is 8.46. The molecule has 0 aromatic carbocycles. The molecule has 2 aromatic heterocycles. The molecule has 0 atom stereocenters. The van der Waals surface area contributed by atoms with Gasteiger partial charge >= 0.3 is 6.03 Å². The maximum Gasteiger partial charge on any atom is 0.323 e. The van der Waals surface area contributed by atoms with Crippen molar-refractivity contribution in [2.45, 2.75) is 6.42 Å². The third-order valence-corrected chi connectivity index (χ3v) is 6.30. The van der Waals surface area contributed by atoms with Crippen LogP contribution in [0.5, 0.6) is 0 Å². The normalized spacial score (nSPS) is 17.8. The van der Waals surface area contributed by atoms with Crippen LogP contribution in [0.25, 0.3) is 0 Å². The van der Waals surface area contributed by atoms with E-state index in [2.05, 4.69) is 32.1 Å². The molecular formula is C20H27N7O2S. The molecule has 2 aliphatic heterocycles. The quantitative estimate of drug-likeness (QED) is 0.787. The van der Waals surface area contributed by atoms with Crippen LogP contribution in [-0.2, 0) is 11.2 Å². The van der Waals surface area contributed by atoms with Crippen LogP contribution in [0.2, 0.25) is 0 Å². The SMILES string of the molecule is CN1CCN(C(=O)Nc2nc(CC(=O)N3CCN(c4ccccn4)CC3)cs2)CC1. The maximum absolute atomic E-state index is 12.7. The highest BCUT2D eigenvalue weighted by Gasteiger charge is 2.23. The lowest BCUT2D eigenvalue weighted by molar-refractivity contribution is -0.130. The van der Waals surface area contributed by atoms with Crippen LogP contribution < -0.4 is 10.2 Å². The molecule has 2 saturated heterocycles. The summed E-state index contributed by atoms with van der Waals surface area (Å²) >= 11 is 1.36. The number of rotatable bonds is 4. The molecule has 10 heteroatoms. The summed E-state index contributed by atoms with van der Waals surface area (Å²) in [4.78, 5) is 41.9. The van der Waals surface area contributed by atoms with Crippen LogP contribution in [0.1, 0.15) is 5.69 Å². The standard InChI is InChI=1S/C20H27N7O2S/c1-24-6-8-27(9-7-24)20(29)23-19-22-16(15-30-19)14-18(28)26-12-10-25(11-13-26)17-4-2-3-5-21-17/h2-5,15H,6-14H2,1H3,(H,22,23,29). The smallest absolute Gasteiger partial charge is 0.323 e. The van der Waals surface area contributed by atoms with Gasteiger partial charge in [-0.3, -0.25) is 10.1 Å². The minimum absolute atomic E-state index is 0.0675. The Hall–Kier alpha value is -2.72. The van der Waals surface area contributed by atoms with Gasteiger partial charge in [0.25, 0.3) is 0 Å². The third-order valence-electron chi connectivity index (χ3n) is 5.49. The number of hydrogen-bond donors (Lipinski definition) is 1. The Kier molecular flexibility index (Phi) is 6.44. The lowest BCUT2D eigenvalue weighted by Crippen LogP contribution is -2.49. The van der Waals surface area contributed by atoms with E-state index < -0.39 is 0 Å². The molecule has 0 radical (unpaired) electrons. The fraction of sp³-hybridized carbons (Fsp3) is 0.500. The first-order valence-electron chi connectivity index (χ1n) is 10.2. The largest absolute Gasteiger partial charge is 0.353 e. The van der Waals surface area contributed by atoms with E-state index in [1.807, 2.05) is 28.5 Å². The van der Waals surface area contributed by atoms with E-state index in [9.17, 15) is 9.59 Å². The van der Waals surface area contributed by atoms with Crippen molar-refractivity contribution in [3.8, 4) is 0 Å². The lowest BCUT2D eigenvalue weighted by atomic mass is 10.2. The number of anilines is 2. The minimum Gasteiger partial charge on any atom is -0.353 e. The van der Waals surface area contributed by atoms with Gasteiger partial charge in [-0.2, -0.15) is 0 Å². The van der Waals surface area contributed by atoms with Crippen molar-refractivity contribution in [2.24, 2.45) is 0 Å². The van der Waals surface area contributed by atoms with Crippen LogP contribution in [0.15, 0.2) is 29.8 Å². The third kappa shape index (κ3) is 5.06. The first-order valence-corrected chi connectivity index (χ1v) is 11.1. The molecule has 4 rings (SSSR count). The van der Waals surface area contributed by atoms with Crippen LogP contribution in [0, 0.1) is 0 Å². The molecule has 9 nitrogen and oxygen atoms in total. The van der Waals surface area contributed by atoms with Crippen molar-refractivity contribution in [1.82, 2.24) is 24.7 Å². The Morgan fingerprint density at radius 2 is 1.77 bits per heavy atom. The van der Waals surface area contributed by atoms with Gasteiger partial charge in [-0.15, -0.1) is 11.3 Å². The summed E-state index contributed by atoms with van der Waals surface area (Å²) in [6, 6.07) is 5.74. The van der Waals surface area contributed by atoms with E-state index >= 15 is 0 Å². The molecule has 0 saturated carbocycles. The number of likely N-dealkylation sites (N-methyl/N-ethyl adjacent to an activating group) is 1. The Labute approximate surface area is 180 Å². The Morgan fingerprint density at radius 1 is 1.03 bits per heavy atom. The summed E-state index contributed by atoms with van der Waals surface area (Å²) in [5, 5.41) is 5.25. The number of piperazine rings is 2. The molecule has 0 unspecified atom stereocenters. The summed E-state index contributed by atoms with van der Waals surface area (Å²) < 4.78 is 0. The van der Waals surface area contributed by atoms with Crippen molar-refractivity contribution in [2.75, 3.05) is 69.6 Å². The molecule has 2 aliphatic rings. The first kappa shape index (κ1) is 20.5. The monoisotopic (exact) mass is 429 g/mol. The number of thiazole rings is 1. The van der Waals surface area contributed by atoms with E-state index in [1.54, 1.807) is 11.1 Å². The van der Waals surface area contributed by atoms with Gasteiger partial charge in [-0.25, -0.2) is 14.8 Å². The number of nitrogens with zero attached hydrogens (tertiary/aromatic N) is 6. The molecule has 0 bridgehead atoms. The van der Waals surface area contributed by atoms with E-state index in [0.29, 0.717) is 37.0 Å². The predicted molar refractivity (Wildman–Crippen MR) is 117 cm³/mol. The summed E-state index contributed by atoms with van der Waals surface area (Å²) in [7, 11) is 2.05. The van der Waals surface area contributed by atoms with Crippen molar-refractivity contribution >= 4 is 34.2 Å². The fourth-order valence-corrected chi connectivity index (χ4v) is 4.32. The summed E-state index contributed by atoms with van der Waals surface area (Å²) in [5.41, 5.74) is 0.700. The molecule has 30 heavy (non-hydrogen) atoms. The molecule has 2 fully saturated rings. The summed E-state index contributed by atoms with van der Waals surface area (Å²) in [6.45, 7) is 6.06. The van der Waals surface area contributed by atoms with Crippen molar-refractivity contribution in [3.05, 3.63) is 35.5 Å². The van der Waals surface area contributed by atoms with E-state index in [1.165, 1.54) is 11.3 Å². The average molecular weight is 430 g/mol. The van der Waals surface area contributed by atoms with Crippen molar-refractivity contribution < 1.29 is 9.59 Å². The number of pyridine rings is 1. The number of hydrogen-bond acceptors (Lipinski definition) is 7. The fourth-order valence-electron chi connectivity index (χ4n) is 3.62. The molecule has 3 amide bonds. The van der Waals surface area contributed by atoms with Gasteiger partial charge in [-0.05, 0) is 19.2 Å².